The van der Waals surface area contributed by atoms with Crippen LogP contribution in [0.15, 0.2) is 18.2 Å². The van der Waals surface area contributed by atoms with Crippen molar-refractivity contribution in [3.05, 3.63) is 23.8 Å². The molecule has 0 spiro atoms. The Bertz CT molecular complexity index is 339. The highest BCUT2D eigenvalue weighted by Crippen LogP contribution is 2.30. The van der Waals surface area contributed by atoms with Gasteiger partial charge in [-0.3, -0.25) is 0 Å². The van der Waals surface area contributed by atoms with E-state index in [0.717, 1.165) is 30.9 Å². The van der Waals surface area contributed by atoms with E-state index in [-0.39, 0.29) is 0 Å². The molecule has 0 amide bonds. The van der Waals surface area contributed by atoms with Gasteiger partial charge in [0.05, 0.1) is 14.2 Å². The minimum atomic E-state index is 0.319. The van der Waals surface area contributed by atoms with Gasteiger partial charge in [-0.15, -0.1) is 0 Å². The summed E-state index contributed by atoms with van der Waals surface area (Å²) < 4.78 is 10.7. The summed E-state index contributed by atoms with van der Waals surface area (Å²) >= 11 is 0. The highest BCUT2D eigenvalue weighted by atomic mass is 16.5. The van der Waals surface area contributed by atoms with Crippen LogP contribution < -0.4 is 14.8 Å². The Kier molecular flexibility index (Phi) is 5.84. The first-order chi connectivity index (χ1) is 8.26. The Labute approximate surface area is 104 Å². The summed E-state index contributed by atoms with van der Waals surface area (Å²) in [6.45, 7) is 5.35. The summed E-state index contributed by atoms with van der Waals surface area (Å²) in [4.78, 5) is 0. The molecule has 1 aromatic carbocycles. The van der Waals surface area contributed by atoms with Crippen molar-refractivity contribution in [1.29, 1.82) is 0 Å². The fourth-order valence-corrected chi connectivity index (χ4v) is 1.90. The van der Waals surface area contributed by atoms with Crippen LogP contribution in [0.2, 0.25) is 0 Å². The molecule has 0 heterocycles. The average Bonchev–Trinajstić information content (AvgIpc) is 2.39. The van der Waals surface area contributed by atoms with Gasteiger partial charge in [0.25, 0.3) is 0 Å². The van der Waals surface area contributed by atoms with E-state index in [1.807, 2.05) is 12.1 Å². The van der Waals surface area contributed by atoms with Gasteiger partial charge in [-0.05, 0) is 37.6 Å². The zero-order chi connectivity index (χ0) is 12.7. The fraction of sp³-hybridized carbons (Fsp3) is 0.571. The van der Waals surface area contributed by atoms with Crippen molar-refractivity contribution in [3.8, 4) is 11.5 Å². The molecule has 1 rings (SSSR count). The molecule has 1 atom stereocenters. The molecular formula is C14H23NO2. The molecule has 3 nitrogen and oxygen atoms in total. The Morgan fingerprint density at radius 3 is 2.47 bits per heavy atom. The average molecular weight is 237 g/mol. The smallest absolute Gasteiger partial charge is 0.123 e. The molecule has 0 aliphatic carbocycles. The number of ether oxygens (including phenoxy) is 2. The second-order valence-electron chi connectivity index (χ2n) is 4.02. The lowest BCUT2D eigenvalue weighted by Crippen LogP contribution is -2.22. The summed E-state index contributed by atoms with van der Waals surface area (Å²) in [5, 5.41) is 3.53. The predicted octanol–water partition coefficient (Wildman–Crippen LogP) is 3.15. The molecule has 0 aliphatic heterocycles. The molecule has 96 valence electrons. The molecule has 0 bridgehead atoms. The summed E-state index contributed by atoms with van der Waals surface area (Å²) in [5.74, 6) is 1.79. The first kappa shape index (κ1) is 13.8. The van der Waals surface area contributed by atoms with Crippen molar-refractivity contribution in [2.24, 2.45) is 0 Å². The number of hydrogen-bond acceptors (Lipinski definition) is 3. The van der Waals surface area contributed by atoms with Gasteiger partial charge in [-0.2, -0.15) is 0 Å². The van der Waals surface area contributed by atoms with Gasteiger partial charge in [0.1, 0.15) is 11.5 Å². The maximum atomic E-state index is 5.41. The molecule has 1 unspecified atom stereocenters. The van der Waals surface area contributed by atoms with Crippen LogP contribution >= 0.6 is 0 Å². The van der Waals surface area contributed by atoms with Crippen LogP contribution in [-0.4, -0.2) is 20.8 Å². The number of rotatable bonds is 7. The Morgan fingerprint density at radius 1 is 1.18 bits per heavy atom. The topological polar surface area (TPSA) is 30.5 Å². The summed E-state index contributed by atoms with van der Waals surface area (Å²) in [6.07, 6.45) is 2.16. The largest absolute Gasteiger partial charge is 0.497 e. The first-order valence-electron chi connectivity index (χ1n) is 6.22. The zero-order valence-corrected chi connectivity index (χ0v) is 11.2. The molecule has 0 fully saturated rings. The van der Waals surface area contributed by atoms with Crippen LogP contribution in [0.3, 0.4) is 0 Å². The lowest BCUT2D eigenvalue weighted by Gasteiger charge is -2.20. The van der Waals surface area contributed by atoms with E-state index in [4.69, 9.17) is 9.47 Å². The fourth-order valence-electron chi connectivity index (χ4n) is 1.90. The van der Waals surface area contributed by atoms with E-state index in [9.17, 15) is 0 Å². The van der Waals surface area contributed by atoms with Gasteiger partial charge in [0, 0.05) is 11.6 Å². The van der Waals surface area contributed by atoms with Crippen LogP contribution in [-0.2, 0) is 0 Å². The van der Waals surface area contributed by atoms with Gasteiger partial charge >= 0.3 is 0 Å². The van der Waals surface area contributed by atoms with Crippen LogP contribution in [0.4, 0.5) is 0 Å². The number of hydrogen-bond donors (Lipinski definition) is 1. The molecule has 0 aliphatic rings. The van der Waals surface area contributed by atoms with Gasteiger partial charge < -0.3 is 14.8 Å². The SMILES string of the molecule is CCCNC(CC)c1cc(OC)ccc1OC. The van der Waals surface area contributed by atoms with Crippen molar-refractivity contribution in [2.75, 3.05) is 20.8 Å². The molecule has 0 saturated heterocycles. The molecule has 0 radical (unpaired) electrons. The number of methoxy groups -OCH3 is 2. The highest BCUT2D eigenvalue weighted by molar-refractivity contribution is 5.42. The molecule has 1 N–H and O–H groups in total. The van der Waals surface area contributed by atoms with Gasteiger partial charge in [-0.25, -0.2) is 0 Å². The van der Waals surface area contributed by atoms with E-state index >= 15 is 0 Å². The van der Waals surface area contributed by atoms with E-state index in [2.05, 4.69) is 25.2 Å². The molecule has 0 aromatic heterocycles. The van der Waals surface area contributed by atoms with E-state index in [1.165, 1.54) is 5.56 Å². The standard InChI is InChI=1S/C14H23NO2/c1-5-9-15-13(6-2)12-10-11(16-3)7-8-14(12)17-4/h7-8,10,13,15H,5-6,9H2,1-4H3. The molecular weight excluding hydrogens is 214 g/mol. The monoisotopic (exact) mass is 237 g/mol. The highest BCUT2D eigenvalue weighted by Gasteiger charge is 2.14. The Hall–Kier alpha value is -1.22. The van der Waals surface area contributed by atoms with Gasteiger partial charge in [0.15, 0.2) is 0 Å². The lowest BCUT2D eigenvalue weighted by atomic mass is 10.0. The van der Waals surface area contributed by atoms with Crippen molar-refractivity contribution in [3.63, 3.8) is 0 Å². The van der Waals surface area contributed by atoms with Crippen molar-refractivity contribution in [2.45, 2.75) is 32.7 Å². The van der Waals surface area contributed by atoms with Gasteiger partial charge in [0.2, 0.25) is 0 Å². The minimum Gasteiger partial charge on any atom is -0.497 e. The quantitative estimate of drug-likeness (QED) is 0.790. The van der Waals surface area contributed by atoms with Crippen molar-refractivity contribution < 1.29 is 9.47 Å². The van der Waals surface area contributed by atoms with E-state index in [0.29, 0.717) is 6.04 Å². The maximum Gasteiger partial charge on any atom is 0.123 e. The van der Waals surface area contributed by atoms with E-state index in [1.54, 1.807) is 14.2 Å². The van der Waals surface area contributed by atoms with Crippen LogP contribution in [0.5, 0.6) is 11.5 Å². The third kappa shape index (κ3) is 3.63. The van der Waals surface area contributed by atoms with E-state index < -0.39 is 0 Å². The van der Waals surface area contributed by atoms with Gasteiger partial charge in [-0.1, -0.05) is 13.8 Å². The van der Waals surface area contributed by atoms with Crippen LogP contribution in [0, 0.1) is 0 Å². The second-order valence-corrected chi connectivity index (χ2v) is 4.02. The molecule has 17 heavy (non-hydrogen) atoms. The Balaban J connectivity index is 2.97. The minimum absolute atomic E-state index is 0.319. The Morgan fingerprint density at radius 2 is 1.94 bits per heavy atom. The predicted molar refractivity (Wildman–Crippen MR) is 70.9 cm³/mol. The normalized spacial score (nSPS) is 12.2. The number of nitrogens with one attached hydrogen (secondary N) is 1. The van der Waals surface area contributed by atoms with Crippen molar-refractivity contribution in [1.82, 2.24) is 5.32 Å². The van der Waals surface area contributed by atoms with Crippen molar-refractivity contribution >= 4 is 0 Å². The lowest BCUT2D eigenvalue weighted by molar-refractivity contribution is 0.387. The summed E-state index contributed by atoms with van der Waals surface area (Å²) in [6, 6.07) is 6.26. The molecule has 3 heteroatoms. The van der Waals surface area contributed by atoms with Crippen LogP contribution in [0.1, 0.15) is 38.3 Å². The third-order valence-corrected chi connectivity index (χ3v) is 2.86. The first-order valence-corrected chi connectivity index (χ1v) is 6.22. The molecule has 0 saturated carbocycles. The summed E-state index contributed by atoms with van der Waals surface area (Å²) in [5.41, 5.74) is 1.17. The zero-order valence-electron chi connectivity index (χ0n) is 11.2. The maximum absolute atomic E-state index is 5.41. The second kappa shape index (κ2) is 7.17. The number of benzene rings is 1. The third-order valence-electron chi connectivity index (χ3n) is 2.86. The summed E-state index contributed by atoms with van der Waals surface area (Å²) in [7, 11) is 3.39. The molecule has 1 aromatic rings. The van der Waals surface area contributed by atoms with Crippen LogP contribution in [0.25, 0.3) is 0 Å².